The number of anilines is 2. The number of cyclic esters (lactones) is 1. The van der Waals surface area contributed by atoms with Gasteiger partial charge >= 0.3 is 6.09 Å². The lowest BCUT2D eigenvalue weighted by Gasteiger charge is -2.24. The molecule has 10 heteroatoms. The van der Waals surface area contributed by atoms with Crippen molar-refractivity contribution in [1.82, 2.24) is 10.2 Å². The van der Waals surface area contributed by atoms with Gasteiger partial charge in [0.15, 0.2) is 0 Å². The number of benzene rings is 1. The molecule has 3 heterocycles. The summed E-state index contributed by atoms with van der Waals surface area (Å²) in [6.07, 6.45) is -1.05. The van der Waals surface area contributed by atoms with E-state index in [0.717, 1.165) is 0 Å². The molecular weight excluding hydrogens is 395 g/mol. The number of carbonyl (C=O) groups excluding carboxylic acids is 3. The Morgan fingerprint density at radius 1 is 1.20 bits per heavy atom. The van der Waals surface area contributed by atoms with Crippen LogP contribution in [0.2, 0.25) is 0 Å². The summed E-state index contributed by atoms with van der Waals surface area (Å²) < 4.78 is 20.1. The molecule has 4 rings (SSSR count). The van der Waals surface area contributed by atoms with Gasteiger partial charge in [0.2, 0.25) is 11.8 Å². The largest absolute Gasteiger partial charge is 0.442 e. The Balaban J connectivity index is 1.40. The van der Waals surface area contributed by atoms with Crippen LogP contribution in [0, 0.1) is 17.7 Å². The molecule has 30 heavy (non-hydrogen) atoms. The number of hydrogen-bond donors (Lipinski definition) is 2. The molecule has 0 aliphatic carbocycles. The number of aliphatic hydroxyl groups is 1. The molecule has 0 spiro atoms. The van der Waals surface area contributed by atoms with Crippen molar-refractivity contribution in [1.29, 1.82) is 0 Å². The molecule has 3 aliphatic rings. The summed E-state index contributed by atoms with van der Waals surface area (Å²) in [5.41, 5.74) is 0.876. The van der Waals surface area contributed by atoms with E-state index >= 15 is 0 Å². The van der Waals surface area contributed by atoms with E-state index in [-0.39, 0.29) is 36.7 Å². The molecule has 3 amide bonds. The number of rotatable bonds is 5. The zero-order valence-electron chi connectivity index (χ0n) is 16.7. The number of halogens is 1. The quantitative estimate of drug-likeness (QED) is 0.704. The van der Waals surface area contributed by atoms with Gasteiger partial charge in [-0.05, 0) is 18.2 Å². The lowest BCUT2D eigenvalue weighted by atomic mass is 10.0. The van der Waals surface area contributed by atoms with Gasteiger partial charge in [0, 0.05) is 44.9 Å². The molecule has 0 aromatic heterocycles. The predicted molar refractivity (Wildman–Crippen MR) is 106 cm³/mol. The fraction of sp³-hybridized carbons (Fsp3) is 0.550. The normalized spacial score (nSPS) is 25.5. The molecule has 0 saturated carbocycles. The van der Waals surface area contributed by atoms with Gasteiger partial charge in [-0.2, -0.15) is 0 Å². The van der Waals surface area contributed by atoms with E-state index in [1.807, 2.05) is 4.90 Å². The maximum atomic E-state index is 14.9. The molecule has 2 unspecified atom stereocenters. The number of ether oxygens (including phenoxy) is 1. The Morgan fingerprint density at radius 2 is 1.90 bits per heavy atom. The highest BCUT2D eigenvalue weighted by atomic mass is 19.1. The van der Waals surface area contributed by atoms with Crippen LogP contribution in [-0.2, 0) is 14.3 Å². The molecule has 3 aliphatic heterocycles. The highest BCUT2D eigenvalue weighted by Crippen LogP contribution is 2.36. The van der Waals surface area contributed by atoms with Crippen molar-refractivity contribution >= 4 is 29.3 Å². The van der Waals surface area contributed by atoms with Crippen LogP contribution >= 0.6 is 0 Å². The zero-order valence-corrected chi connectivity index (χ0v) is 16.7. The molecule has 0 radical (unpaired) electrons. The summed E-state index contributed by atoms with van der Waals surface area (Å²) in [7, 11) is 0. The molecule has 9 nitrogen and oxygen atoms in total. The fourth-order valence-electron chi connectivity index (χ4n) is 4.51. The standard InChI is InChI=1S/C20H25FN4O5/c1-12(27)22-5-16-10-25(20(29)30-16)15-2-3-18(17(21)4-15)23-6-13-8-24(19(28)11-26)9-14(13)7-23/h2-4,13-14,16,26H,5-11H2,1H3,(H,22,27)/t13?,14?,16-/m0/s1. The smallest absolute Gasteiger partial charge is 0.414 e. The second-order valence-corrected chi connectivity index (χ2v) is 8.07. The van der Waals surface area contributed by atoms with Crippen LogP contribution in [0.5, 0.6) is 0 Å². The number of fused-ring (bicyclic) bond motifs is 1. The molecule has 0 bridgehead atoms. The first-order chi connectivity index (χ1) is 14.4. The van der Waals surface area contributed by atoms with Crippen molar-refractivity contribution in [3.8, 4) is 0 Å². The van der Waals surface area contributed by atoms with Crippen LogP contribution in [0.25, 0.3) is 0 Å². The lowest BCUT2D eigenvalue weighted by molar-refractivity contribution is -0.133. The summed E-state index contributed by atoms with van der Waals surface area (Å²) in [6, 6.07) is 4.68. The maximum Gasteiger partial charge on any atom is 0.414 e. The first kappa shape index (κ1) is 20.4. The van der Waals surface area contributed by atoms with Crippen LogP contribution in [0.15, 0.2) is 18.2 Å². The zero-order chi connectivity index (χ0) is 21.4. The van der Waals surface area contributed by atoms with Crippen molar-refractivity contribution in [2.75, 3.05) is 55.7 Å². The number of carbonyl (C=O) groups is 3. The Kier molecular flexibility index (Phi) is 5.50. The molecule has 162 valence electrons. The van der Waals surface area contributed by atoms with E-state index < -0.39 is 24.6 Å². The minimum Gasteiger partial charge on any atom is -0.442 e. The third-order valence-corrected chi connectivity index (χ3v) is 6.01. The molecule has 3 fully saturated rings. The Morgan fingerprint density at radius 3 is 2.50 bits per heavy atom. The number of nitrogens with one attached hydrogen (secondary N) is 1. The van der Waals surface area contributed by atoms with Crippen LogP contribution in [-0.4, -0.2) is 79.9 Å². The summed E-state index contributed by atoms with van der Waals surface area (Å²) in [5.74, 6) is -0.390. The van der Waals surface area contributed by atoms with Crippen molar-refractivity contribution in [3.63, 3.8) is 0 Å². The molecule has 3 saturated heterocycles. The van der Waals surface area contributed by atoms with Crippen LogP contribution in [0.3, 0.4) is 0 Å². The summed E-state index contributed by atoms with van der Waals surface area (Å²) in [4.78, 5) is 39.8. The van der Waals surface area contributed by atoms with Crippen LogP contribution in [0.4, 0.5) is 20.6 Å². The summed E-state index contributed by atoms with van der Waals surface area (Å²) in [5, 5.41) is 11.6. The van der Waals surface area contributed by atoms with Crippen LogP contribution in [0.1, 0.15) is 6.92 Å². The van der Waals surface area contributed by atoms with Crippen molar-refractivity contribution in [3.05, 3.63) is 24.0 Å². The molecule has 3 atom stereocenters. The number of amides is 3. The van der Waals surface area contributed by atoms with Crippen LogP contribution < -0.4 is 15.1 Å². The Labute approximate surface area is 173 Å². The van der Waals surface area contributed by atoms with Crippen molar-refractivity contribution < 1.29 is 28.6 Å². The minimum absolute atomic E-state index is 0.209. The van der Waals surface area contributed by atoms with Gasteiger partial charge < -0.3 is 25.0 Å². The fourth-order valence-corrected chi connectivity index (χ4v) is 4.51. The third-order valence-electron chi connectivity index (χ3n) is 6.01. The van der Waals surface area contributed by atoms with Gasteiger partial charge in [-0.1, -0.05) is 0 Å². The SMILES string of the molecule is CC(=O)NC[C@H]1CN(c2ccc(N3CC4CN(C(=O)CO)CC4C3)c(F)c2)C(=O)O1. The Bertz CT molecular complexity index is 852. The lowest BCUT2D eigenvalue weighted by Crippen LogP contribution is -2.35. The second kappa shape index (κ2) is 8.10. The number of aliphatic hydroxyl groups excluding tert-OH is 1. The average molecular weight is 420 g/mol. The van der Waals surface area contributed by atoms with Gasteiger partial charge in [-0.3, -0.25) is 14.5 Å². The first-order valence-electron chi connectivity index (χ1n) is 10.0. The van der Waals surface area contributed by atoms with E-state index in [2.05, 4.69) is 5.32 Å². The van der Waals surface area contributed by atoms with Gasteiger partial charge in [-0.25, -0.2) is 9.18 Å². The van der Waals surface area contributed by atoms with E-state index in [9.17, 15) is 18.8 Å². The monoisotopic (exact) mass is 420 g/mol. The minimum atomic E-state index is -0.568. The van der Waals surface area contributed by atoms with Gasteiger partial charge in [-0.15, -0.1) is 0 Å². The van der Waals surface area contributed by atoms with Crippen molar-refractivity contribution in [2.45, 2.75) is 13.0 Å². The van der Waals surface area contributed by atoms with Gasteiger partial charge in [0.25, 0.3) is 0 Å². The predicted octanol–water partition coefficient (Wildman–Crippen LogP) is 0.174. The molecule has 1 aromatic rings. The first-order valence-corrected chi connectivity index (χ1v) is 10.0. The summed E-state index contributed by atoms with van der Waals surface area (Å²) in [6.45, 7) is 3.79. The number of nitrogens with zero attached hydrogens (tertiary/aromatic N) is 3. The maximum absolute atomic E-state index is 14.9. The van der Waals surface area contributed by atoms with Crippen molar-refractivity contribution in [2.24, 2.45) is 11.8 Å². The Hall–Kier alpha value is -2.88. The topological polar surface area (TPSA) is 102 Å². The highest BCUT2D eigenvalue weighted by molar-refractivity contribution is 5.90. The molecule has 2 N–H and O–H groups in total. The van der Waals surface area contributed by atoms with Gasteiger partial charge in [0.1, 0.15) is 18.5 Å². The average Bonchev–Trinajstić information content (AvgIpc) is 3.38. The second-order valence-electron chi connectivity index (χ2n) is 8.07. The third kappa shape index (κ3) is 3.91. The van der Waals surface area contributed by atoms with E-state index in [1.54, 1.807) is 17.0 Å². The van der Waals surface area contributed by atoms with Gasteiger partial charge in [0.05, 0.1) is 24.5 Å². The summed E-state index contributed by atoms with van der Waals surface area (Å²) >= 11 is 0. The highest BCUT2D eigenvalue weighted by Gasteiger charge is 2.42. The molecule has 1 aromatic carbocycles. The van der Waals surface area contributed by atoms with E-state index in [4.69, 9.17) is 9.84 Å². The number of likely N-dealkylation sites (tertiary alicyclic amines) is 1. The van der Waals surface area contributed by atoms with E-state index in [0.29, 0.717) is 37.6 Å². The number of hydrogen-bond acceptors (Lipinski definition) is 6. The molecular formula is C20H25FN4O5. The van der Waals surface area contributed by atoms with E-state index in [1.165, 1.54) is 17.9 Å².